The summed E-state index contributed by atoms with van der Waals surface area (Å²) in [5.41, 5.74) is 5.42. The van der Waals surface area contributed by atoms with Crippen molar-refractivity contribution >= 4 is 11.8 Å². The van der Waals surface area contributed by atoms with E-state index in [2.05, 4.69) is 35.2 Å². The predicted molar refractivity (Wildman–Crippen MR) is 71.5 cm³/mol. The summed E-state index contributed by atoms with van der Waals surface area (Å²) >= 11 is 0. The summed E-state index contributed by atoms with van der Waals surface area (Å²) in [5, 5.41) is 7.32. The zero-order valence-corrected chi connectivity index (χ0v) is 11.0. The van der Waals surface area contributed by atoms with Gasteiger partial charge in [-0.15, -0.1) is 0 Å². The molecule has 0 aliphatic heterocycles. The van der Waals surface area contributed by atoms with E-state index in [1.54, 1.807) is 0 Å². The van der Waals surface area contributed by atoms with Crippen LogP contribution in [-0.4, -0.2) is 28.5 Å². The van der Waals surface area contributed by atoms with Crippen LogP contribution in [0.2, 0.25) is 0 Å². The topological polar surface area (TPSA) is 70.9 Å². The number of rotatable bonds is 7. The highest BCUT2D eigenvalue weighted by Gasteiger charge is 2.13. The van der Waals surface area contributed by atoms with E-state index >= 15 is 0 Å². The molecule has 1 rings (SSSR count). The summed E-state index contributed by atoms with van der Waals surface area (Å²) in [6, 6.07) is 0. The van der Waals surface area contributed by atoms with Gasteiger partial charge in [0.25, 0.3) is 0 Å². The second kappa shape index (κ2) is 6.27. The van der Waals surface area contributed by atoms with Crippen LogP contribution >= 0.6 is 0 Å². The van der Waals surface area contributed by atoms with Gasteiger partial charge in [-0.1, -0.05) is 13.8 Å². The molecule has 0 aliphatic rings. The fourth-order valence-corrected chi connectivity index (χ4v) is 1.80. The highest BCUT2D eigenvalue weighted by atomic mass is 15.3. The molecule has 0 fully saturated rings. The Morgan fingerprint density at radius 1 is 1.59 bits per heavy atom. The molecule has 0 saturated carbocycles. The molecule has 0 saturated heterocycles. The van der Waals surface area contributed by atoms with Gasteiger partial charge in [0.1, 0.15) is 0 Å². The zero-order valence-electron chi connectivity index (χ0n) is 11.0. The highest BCUT2D eigenvalue weighted by Crippen LogP contribution is 2.14. The maximum Gasteiger partial charge on any atom is 0.205 e. The van der Waals surface area contributed by atoms with Crippen molar-refractivity contribution in [1.29, 1.82) is 5.41 Å². The van der Waals surface area contributed by atoms with Gasteiger partial charge < -0.3 is 15.2 Å². The summed E-state index contributed by atoms with van der Waals surface area (Å²) in [5.74, 6) is 1.76. The number of hydrogen-bond acceptors (Lipinski definition) is 3. The molecule has 0 amide bonds. The Kier molecular flexibility index (Phi) is 5.00. The summed E-state index contributed by atoms with van der Waals surface area (Å²) in [6.07, 6.45) is 4.39. The van der Waals surface area contributed by atoms with Gasteiger partial charge in [-0.25, -0.2) is 4.98 Å². The van der Waals surface area contributed by atoms with E-state index in [0.717, 1.165) is 25.6 Å². The Balaban J connectivity index is 2.77. The zero-order chi connectivity index (χ0) is 12.8. The van der Waals surface area contributed by atoms with Gasteiger partial charge in [0, 0.05) is 38.4 Å². The average molecular weight is 237 g/mol. The molecule has 3 N–H and O–H groups in total. The lowest BCUT2D eigenvalue weighted by atomic mass is 10.2. The number of imidazole rings is 1. The molecule has 0 aliphatic carbocycles. The molecule has 96 valence electrons. The van der Waals surface area contributed by atoms with Crippen molar-refractivity contribution in [3.63, 3.8) is 0 Å². The average Bonchev–Trinajstić information content (AvgIpc) is 2.71. The fraction of sp³-hybridized carbons (Fsp3) is 0.667. The van der Waals surface area contributed by atoms with Crippen molar-refractivity contribution in [2.24, 2.45) is 11.7 Å². The Morgan fingerprint density at radius 2 is 2.29 bits per heavy atom. The van der Waals surface area contributed by atoms with Gasteiger partial charge in [0.2, 0.25) is 5.95 Å². The first kappa shape index (κ1) is 13.5. The first-order valence-corrected chi connectivity index (χ1v) is 6.13. The molecule has 0 radical (unpaired) electrons. The van der Waals surface area contributed by atoms with E-state index in [0.29, 0.717) is 12.3 Å². The lowest BCUT2D eigenvalue weighted by molar-refractivity contribution is 0.589. The van der Waals surface area contributed by atoms with Gasteiger partial charge in [0.05, 0.1) is 5.84 Å². The fourth-order valence-electron chi connectivity index (χ4n) is 1.80. The predicted octanol–water partition coefficient (Wildman–Crippen LogP) is 1.69. The molecule has 1 aromatic heterocycles. The lowest BCUT2D eigenvalue weighted by Crippen LogP contribution is -2.33. The summed E-state index contributed by atoms with van der Waals surface area (Å²) in [4.78, 5) is 6.60. The van der Waals surface area contributed by atoms with Crippen LogP contribution in [0.1, 0.15) is 27.2 Å². The van der Waals surface area contributed by atoms with Gasteiger partial charge in [-0.2, -0.15) is 0 Å². The Labute approximate surface area is 103 Å². The van der Waals surface area contributed by atoms with Crippen molar-refractivity contribution in [1.82, 2.24) is 9.55 Å². The second-order valence-corrected chi connectivity index (χ2v) is 4.63. The molecule has 0 bridgehead atoms. The lowest BCUT2D eigenvalue weighted by Gasteiger charge is -2.25. The Bertz CT molecular complexity index is 356. The van der Waals surface area contributed by atoms with Crippen molar-refractivity contribution in [3.8, 4) is 0 Å². The Hall–Kier alpha value is -1.52. The molecular weight excluding hydrogens is 214 g/mol. The molecular formula is C12H23N5. The summed E-state index contributed by atoms with van der Waals surface area (Å²) in [7, 11) is 0. The van der Waals surface area contributed by atoms with E-state index in [9.17, 15) is 0 Å². The van der Waals surface area contributed by atoms with E-state index in [4.69, 9.17) is 11.1 Å². The van der Waals surface area contributed by atoms with E-state index in [-0.39, 0.29) is 5.84 Å². The maximum atomic E-state index is 7.32. The smallest absolute Gasteiger partial charge is 0.205 e. The van der Waals surface area contributed by atoms with E-state index < -0.39 is 0 Å². The van der Waals surface area contributed by atoms with Crippen molar-refractivity contribution in [2.45, 2.75) is 33.7 Å². The van der Waals surface area contributed by atoms with Gasteiger partial charge >= 0.3 is 0 Å². The van der Waals surface area contributed by atoms with Crippen LogP contribution in [0, 0.1) is 11.3 Å². The van der Waals surface area contributed by atoms with E-state index in [1.165, 1.54) is 0 Å². The maximum absolute atomic E-state index is 7.32. The largest absolute Gasteiger partial charge is 0.388 e. The second-order valence-electron chi connectivity index (χ2n) is 4.63. The number of nitrogens with one attached hydrogen (secondary N) is 1. The minimum absolute atomic E-state index is 0.230. The van der Waals surface area contributed by atoms with Crippen LogP contribution in [0.3, 0.4) is 0 Å². The van der Waals surface area contributed by atoms with Crippen molar-refractivity contribution in [2.75, 3.05) is 18.0 Å². The first-order valence-electron chi connectivity index (χ1n) is 6.13. The highest BCUT2D eigenvalue weighted by molar-refractivity contribution is 5.77. The summed E-state index contributed by atoms with van der Waals surface area (Å²) < 4.78 is 2.11. The molecule has 17 heavy (non-hydrogen) atoms. The van der Waals surface area contributed by atoms with Crippen molar-refractivity contribution < 1.29 is 0 Å². The molecule has 0 atom stereocenters. The molecule has 0 aromatic carbocycles. The monoisotopic (exact) mass is 237 g/mol. The van der Waals surface area contributed by atoms with E-state index in [1.807, 2.05) is 12.4 Å². The number of anilines is 1. The van der Waals surface area contributed by atoms with Crippen LogP contribution in [0.5, 0.6) is 0 Å². The summed E-state index contributed by atoms with van der Waals surface area (Å²) in [6.45, 7) is 9.06. The molecule has 0 unspecified atom stereocenters. The third-order valence-electron chi connectivity index (χ3n) is 2.55. The van der Waals surface area contributed by atoms with Gasteiger partial charge in [-0.05, 0) is 12.8 Å². The number of nitrogens with two attached hydrogens (primary N) is 1. The molecule has 5 nitrogen and oxygen atoms in total. The third kappa shape index (κ3) is 4.09. The number of amidine groups is 1. The number of nitrogens with zero attached hydrogens (tertiary/aromatic N) is 3. The number of hydrogen-bond donors (Lipinski definition) is 2. The number of aromatic nitrogens is 2. The van der Waals surface area contributed by atoms with Crippen molar-refractivity contribution in [3.05, 3.63) is 12.4 Å². The molecule has 1 aromatic rings. The minimum Gasteiger partial charge on any atom is -0.388 e. The van der Waals surface area contributed by atoms with Gasteiger partial charge in [0.15, 0.2) is 0 Å². The third-order valence-corrected chi connectivity index (χ3v) is 2.55. The van der Waals surface area contributed by atoms with Crippen LogP contribution in [0.4, 0.5) is 5.95 Å². The van der Waals surface area contributed by atoms with Crippen LogP contribution in [0.15, 0.2) is 12.4 Å². The molecule has 5 heteroatoms. The SMILES string of the molecule is CCn1ccnc1N(CCC(=N)N)CC(C)C. The molecule has 0 spiro atoms. The minimum atomic E-state index is 0.230. The number of aryl methyl sites for hydroxylation is 1. The van der Waals surface area contributed by atoms with Crippen LogP contribution in [0.25, 0.3) is 0 Å². The Morgan fingerprint density at radius 3 is 2.82 bits per heavy atom. The standard InChI is InChI=1S/C12H23N5/c1-4-16-8-6-15-12(16)17(9-10(2)3)7-5-11(13)14/h6,8,10H,4-5,7,9H2,1-3H3,(H3,13,14). The quantitative estimate of drug-likeness (QED) is 0.560. The first-order chi connectivity index (χ1) is 8.04. The molecule has 1 heterocycles. The van der Waals surface area contributed by atoms with Gasteiger partial charge in [-0.3, -0.25) is 5.41 Å². The van der Waals surface area contributed by atoms with Crippen LogP contribution in [-0.2, 0) is 6.54 Å². The normalized spacial score (nSPS) is 10.8. The van der Waals surface area contributed by atoms with Crippen LogP contribution < -0.4 is 10.6 Å².